The lowest BCUT2D eigenvalue weighted by Gasteiger charge is -2.30. The van der Waals surface area contributed by atoms with Crippen LogP contribution in [0.5, 0.6) is 0 Å². The van der Waals surface area contributed by atoms with E-state index < -0.39 is 18.0 Å². The van der Waals surface area contributed by atoms with Gasteiger partial charge in [0, 0.05) is 17.3 Å². The van der Waals surface area contributed by atoms with Gasteiger partial charge in [-0.3, -0.25) is 10.6 Å². The zero-order valence-corrected chi connectivity index (χ0v) is 23.3. The first kappa shape index (κ1) is 28.8. The van der Waals surface area contributed by atoms with E-state index in [0.717, 1.165) is 49.3 Å². The lowest BCUT2D eigenvalue weighted by atomic mass is 9.94. The molecule has 4 atom stereocenters. The Bertz CT molecular complexity index is 1110. The van der Waals surface area contributed by atoms with Crippen LogP contribution >= 0.6 is 11.8 Å². The van der Waals surface area contributed by atoms with Crippen LogP contribution in [0.2, 0.25) is 0 Å². The van der Waals surface area contributed by atoms with E-state index in [1.807, 2.05) is 12.2 Å². The zero-order chi connectivity index (χ0) is 27.1. The van der Waals surface area contributed by atoms with E-state index in [9.17, 15) is 13.2 Å². The number of hydrogen-bond acceptors (Lipinski definition) is 5. The molecule has 4 unspecified atom stereocenters. The summed E-state index contributed by atoms with van der Waals surface area (Å²) in [5.41, 5.74) is 2.27. The molecule has 4 rings (SSSR count). The van der Waals surface area contributed by atoms with E-state index in [0.29, 0.717) is 12.0 Å². The van der Waals surface area contributed by atoms with Crippen molar-refractivity contribution >= 4 is 22.5 Å². The van der Waals surface area contributed by atoms with Gasteiger partial charge in [-0.1, -0.05) is 55.1 Å². The summed E-state index contributed by atoms with van der Waals surface area (Å²) in [5.74, 6) is 0.153. The molecule has 4 nitrogen and oxygen atoms in total. The van der Waals surface area contributed by atoms with Gasteiger partial charge >= 0.3 is 6.18 Å². The summed E-state index contributed by atoms with van der Waals surface area (Å²) < 4.78 is 39.7. The van der Waals surface area contributed by atoms with Crippen LogP contribution in [0.4, 0.5) is 13.2 Å². The highest BCUT2D eigenvalue weighted by atomic mass is 32.2. The molecule has 0 saturated carbocycles. The standard InChI is InChI=1S/C30H39F3N4S/c1-20-15-18-27(34-22(3)24-11-5-6-12-24)36-29(37-28-14-7-4-9-21(2)38-28)35-26(20)17-16-23-10-8-13-25(19-23)30(31,32)33/h5,9-12,16-17,19-20,22,27,29,34,36H,4,6-8,13-15,18H2,1-3H3. The summed E-state index contributed by atoms with van der Waals surface area (Å²) >= 11 is 1.71. The Kier molecular flexibility index (Phi) is 10.1. The second kappa shape index (κ2) is 13.3. The van der Waals surface area contributed by atoms with Crippen LogP contribution in [0.25, 0.3) is 0 Å². The smallest absolute Gasteiger partial charge is 0.295 e. The number of rotatable bonds is 6. The van der Waals surface area contributed by atoms with Crippen LogP contribution in [0.15, 0.2) is 80.2 Å². The van der Waals surface area contributed by atoms with Crippen LogP contribution < -0.4 is 10.6 Å². The van der Waals surface area contributed by atoms with Gasteiger partial charge in [0.15, 0.2) is 6.29 Å². The predicted molar refractivity (Wildman–Crippen MR) is 154 cm³/mol. The molecule has 0 aromatic rings. The molecule has 2 N–H and O–H groups in total. The minimum Gasteiger partial charge on any atom is -0.295 e. The van der Waals surface area contributed by atoms with Crippen molar-refractivity contribution < 1.29 is 13.2 Å². The van der Waals surface area contributed by atoms with Gasteiger partial charge in [0.25, 0.3) is 0 Å². The van der Waals surface area contributed by atoms with Crippen LogP contribution in [-0.4, -0.2) is 35.4 Å². The third-order valence-electron chi connectivity index (χ3n) is 7.28. The van der Waals surface area contributed by atoms with Crippen molar-refractivity contribution in [1.82, 2.24) is 10.6 Å². The van der Waals surface area contributed by atoms with Gasteiger partial charge in [-0.2, -0.15) is 13.2 Å². The van der Waals surface area contributed by atoms with Crippen LogP contribution in [0.3, 0.4) is 0 Å². The summed E-state index contributed by atoms with van der Waals surface area (Å²) in [6, 6.07) is 0.211. The minimum absolute atomic E-state index is 0.0344. The van der Waals surface area contributed by atoms with Crippen molar-refractivity contribution in [1.29, 1.82) is 0 Å². The Morgan fingerprint density at radius 1 is 1.16 bits per heavy atom. The molecule has 2 aliphatic carbocycles. The van der Waals surface area contributed by atoms with Crippen LogP contribution in [0.1, 0.15) is 72.1 Å². The summed E-state index contributed by atoms with van der Waals surface area (Å²) in [6.07, 6.45) is 17.2. The summed E-state index contributed by atoms with van der Waals surface area (Å²) in [7, 11) is 0. The quantitative estimate of drug-likeness (QED) is 0.357. The molecule has 38 heavy (non-hydrogen) atoms. The molecule has 2 aliphatic heterocycles. The number of thioether (sulfide) groups is 1. The molecule has 0 radical (unpaired) electrons. The Labute approximate surface area is 229 Å². The molecular weight excluding hydrogens is 505 g/mol. The topological polar surface area (TPSA) is 48.8 Å². The highest BCUT2D eigenvalue weighted by Crippen LogP contribution is 2.33. The number of nitrogens with zero attached hydrogens (tertiary/aromatic N) is 2. The van der Waals surface area contributed by atoms with Gasteiger partial charge in [-0.05, 0) is 99.3 Å². The van der Waals surface area contributed by atoms with E-state index in [1.54, 1.807) is 17.8 Å². The van der Waals surface area contributed by atoms with E-state index >= 15 is 0 Å². The maximum Gasteiger partial charge on any atom is 0.412 e. The molecule has 0 spiro atoms. The van der Waals surface area contributed by atoms with Crippen molar-refractivity contribution in [2.24, 2.45) is 15.9 Å². The first-order valence-corrected chi connectivity index (χ1v) is 14.5. The van der Waals surface area contributed by atoms with E-state index in [4.69, 9.17) is 9.98 Å². The van der Waals surface area contributed by atoms with Gasteiger partial charge < -0.3 is 0 Å². The normalized spacial score (nSPS) is 29.2. The fraction of sp³-hybridized carbons (Fsp3) is 0.533. The lowest BCUT2D eigenvalue weighted by molar-refractivity contribution is -0.0941. The first-order valence-electron chi connectivity index (χ1n) is 13.7. The average molecular weight is 545 g/mol. The number of aliphatic imine (C=N–C) groups is 2. The molecule has 8 heteroatoms. The van der Waals surface area contributed by atoms with E-state index in [1.165, 1.54) is 16.6 Å². The van der Waals surface area contributed by atoms with Crippen molar-refractivity contribution in [3.8, 4) is 0 Å². The first-order chi connectivity index (χ1) is 18.2. The maximum atomic E-state index is 13.2. The third-order valence-corrected chi connectivity index (χ3v) is 8.32. The van der Waals surface area contributed by atoms with Gasteiger partial charge in [0.2, 0.25) is 0 Å². The van der Waals surface area contributed by atoms with E-state index in [2.05, 4.69) is 55.7 Å². The van der Waals surface area contributed by atoms with Crippen LogP contribution in [0, 0.1) is 5.92 Å². The highest BCUT2D eigenvalue weighted by Gasteiger charge is 2.33. The SMILES string of the molecule is CC1=CCCCC(=NC2N=C(C=CC3=CCCC(C(F)(F)F)=C3)C(C)CCC(NC(C)C3=CCC=C3)N2)S1. The number of halogens is 3. The molecule has 0 aromatic carbocycles. The van der Waals surface area contributed by atoms with Gasteiger partial charge in [-0.25, -0.2) is 9.98 Å². The fourth-order valence-electron chi connectivity index (χ4n) is 5.05. The summed E-state index contributed by atoms with van der Waals surface area (Å²) in [5, 5.41) is 8.42. The van der Waals surface area contributed by atoms with Crippen molar-refractivity contribution in [2.45, 2.75) is 96.8 Å². The number of alkyl halides is 3. The van der Waals surface area contributed by atoms with Gasteiger partial charge in [-0.15, -0.1) is 0 Å². The number of nitrogens with one attached hydrogen (secondary N) is 2. The Morgan fingerprint density at radius 3 is 2.76 bits per heavy atom. The number of hydrogen-bond donors (Lipinski definition) is 2. The van der Waals surface area contributed by atoms with Crippen molar-refractivity contribution in [3.63, 3.8) is 0 Å². The predicted octanol–water partition coefficient (Wildman–Crippen LogP) is 7.91. The van der Waals surface area contributed by atoms with Crippen molar-refractivity contribution in [2.75, 3.05) is 0 Å². The van der Waals surface area contributed by atoms with Gasteiger partial charge in [0.05, 0.1) is 11.2 Å². The summed E-state index contributed by atoms with van der Waals surface area (Å²) in [6.45, 7) is 6.44. The lowest BCUT2D eigenvalue weighted by Crippen LogP contribution is -2.51. The monoisotopic (exact) mass is 544 g/mol. The highest BCUT2D eigenvalue weighted by molar-refractivity contribution is 8.17. The molecule has 0 saturated heterocycles. The molecule has 0 aromatic heterocycles. The second-order valence-corrected chi connectivity index (χ2v) is 11.8. The Balaban J connectivity index is 1.58. The van der Waals surface area contributed by atoms with E-state index in [-0.39, 0.29) is 24.5 Å². The average Bonchev–Trinajstić information content (AvgIpc) is 3.33. The molecule has 0 fully saturated rings. The van der Waals surface area contributed by atoms with Gasteiger partial charge in [0.1, 0.15) is 0 Å². The largest absolute Gasteiger partial charge is 0.412 e. The molecule has 4 aliphatic rings. The van der Waals surface area contributed by atoms with Crippen molar-refractivity contribution in [3.05, 3.63) is 70.2 Å². The third kappa shape index (κ3) is 8.42. The second-order valence-electron chi connectivity index (χ2n) is 10.4. The Morgan fingerprint density at radius 2 is 2.00 bits per heavy atom. The Hall–Kier alpha value is -2.16. The fourth-order valence-corrected chi connectivity index (χ4v) is 6.02. The molecule has 206 valence electrons. The molecule has 0 amide bonds. The minimum atomic E-state index is -4.28. The maximum absolute atomic E-state index is 13.2. The summed E-state index contributed by atoms with van der Waals surface area (Å²) in [4.78, 5) is 11.3. The zero-order valence-electron chi connectivity index (χ0n) is 22.5. The van der Waals surface area contributed by atoms with Crippen LogP contribution in [-0.2, 0) is 0 Å². The molecule has 0 bridgehead atoms. The molecular formula is C30H39F3N4S. The number of allylic oxidation sites excluding steroid dienone is 10. The molecule has 2 heterocycles.